The Balaban J connectivity index is 0.00000324. The van der Waals surface area contributed by atoms with Gasteiger partial charge in [-0.1, -0.05) is 19.8 Å². The van der Waals surface area contributed by atoms with E-state index < -0.39 is 0 Å². The van der Waals surface area contributed by atoms with E-state index in [0.717, 1.165) is 38.7 Å². The standard InChI is InChI=1S/C14H29N3O.HI/c1-4-18-11-7-10-16-13(15-3)17-12-14(2)8-5-6-9-14;/h4-12H2,1-3H3,(H2,15,16,17);1H. The van der Waals surface area contributed by atoms with Crippen LogP contribution in [0.2, 0.25) is 0 Å². The van der Waals surface area contributed by atoms with Crippen LogP contribution in [-0.2, 0) is 4.74 Å². The molecular formula is C14H30IN3O. The topological polar surface area (TPSA) is 45.6 Å². The van der Waals surface area contributed by atoms with Crippen LogP contribution in [0.5, 0.6) is 0 Å². The molecule has 0 aromatic rings. The molecule has 0 unspecified atom stereocenters. The summed E-state index contributed by atoms with van der Waals surface area (Å²) in [5, 5.41) is 6.77. The van der Waals surface area contributed by atoms with Gasteiger partial charge in [-0.15, -0.1) is 24.0 Å². The van der Waals surface area contributed by atoms with Crippen molar-refractivity contribution < 1.29 is 4.74 Å². The van der Waals surface area contributed by atoms with Gasteiger partial charge in [0.15, 0.2) is 5.96 Å². The van der Waals surface area contributed by atoms with Gasteiger partial charge in [-0.2, -0.15) is 0 Å². The maximum Gasteiger partial charge on any atom is 0.190 e. The van der Waals surface area contributed by atoms with E-state index in [4.69, 9.17) is 4.74 Å². The van der Waals surface area contributed by atoms with Crippen LogP contribution >= 0.6 is 24.0 Å². The molecule has 0 saturated heterocycles. The lowest BCUT2D eigenvalue weighted by Gasteiger charge is -2.25. The van der Waals surface area contributed by atoms with Crippen molar-refractivity contribution in [1.82, 2.24) is 10.6 Å². The van der Waals surface area contributed by atoms with Crippen molar-refractivity contribution in [3.8, 4) is 0 Å². The van der Waals surface area contributed by atoms with Crippen LogP contribution in [0.4, 0.5) is 0 Å². The van der Waals surface area contributed by atoms with Crippen molar-refractivity contribution in [2.24, 2.45) is 10.4 Å². The third-order valence-electron chi connectivity index (χ3n) is 3.68. The number of halogens is 1. The van der Waals surface area contributed by atoms with Gasteiger partial charge in [-0.3, -0.25) is 4.99 Å². The zero-order chi connectivity index (χ0) is 13.3. The van der Waals surface area contributed by atoms with E-state index >= 15 is 0 Å². The molecule has 1 aliphatic carbocycles. The van der Waals surface area contributed by atoms with Crippen molar-refractivity contribution in [2.75, 3.05) is 33.4 Å². The third kappa shape index (κ3) is 7.97. The Hall–Kier alpha value is -0.0400. The van der Waals surface area contributed by atoms with Gasteiger partial charge < -0.3 is 15.4 Å². The first-order chi connectivity index (χ1) is 8.70. The molecule has 0 heterocycles. The van der Waals surface area contributed by atoms with E-state index in [2.05, 4.69) is 22.5 Å². The largest absolute Gasteiger partial charge is 0.382 e. The summed E-state index contributed by atoms with van der Waals surface area (Å²) in [5.41, 5.74) is 0.461. The Morgan fingerprint density at radius 1 is 1.26 bits per heavy atom. The van der Waals surface area contributed by atoms with Crippen LogP contribution in [0.25, 0.3) is 0 Å². The average molecular weight is 383 g/mol. The summed E-state index contributed by atoms with van der Waals surface area (Å²) in [4.78, 5) is 4.25. The molecule has 0 aliphatic heterocycles. The Kier molecular flexibility index (Phi) is 10.7. The highest BCUT2D eigenvalue weighted by Gasteiger charge is 2.28. The van der Waals surface area contributed by atoms with Gasteiger partial charge in [-0.25, -0.2) is 0 Å². The molecule has 4 nitrogen and oxygen atoms in total. The predicted molar refractivity (Wildman–Crippen MR) is 92.5 cm³/mol. The van der Waals surface area contributed by atoms with Gasteiger partial charge in [0.25, 0.3) is 0 Å². The Bertz CT molecular complexity index is 253. The Labute approximate surface area is 135 Å². The normalized spacial score (nSPS) is 17.9. The SMILES string of the molecule is CCOCCCNC(=NC)NCC1(C)CCCC1.I. The minimum atomic E-state index is 0. The molecule has 19 heavy (non-hydrogen) atoms. The summed E-state index contributed by atoms with van der Waals surface area (Å²) in [6, 6.07) is 0. The highest BCUT2D eigenvalue weighted by Crippen LogP contribution is 2.36. The average Bonchev–Trinajstić information content (AvgIpc) is 2.80. The number of hydrogen-bond donors (Lipinski definition) is 2. The fraction of sp³-hybridized carbons (Fsp3) is 0.929. The highest BCUT2D eigenvalue weighted by atomic mass is 127. The maximum absolute atomic E-state index is 5.31. The van der Waals surface area contributed by atoms with Gasteiger partial charge >= 0.3 is 0 Å². The highest BCUT2D eigenvalue weighted by molar-refractivity contribution is 14.0. The van der Waals surface area contributed by atoms with E-state index in [1.807, 2.05) is 14.0 Å². The summed E-state index contributed by atoms with van der Waals surface area (Å²) >= 11 is 0. The third-order valence-corrected chi connectivity index (χ3v) is 3.68. The van der Waals surface area contributed by atoms with Crippen LogP contribution in [-0.4, -0.2) is 39.3 Å². The Morgan fingerprint density at radius 2 is 1.95 bits per heavy atom. The van der Waals surface area contributed by atoms with Crippen molar-refractivity contribution in [3.05, 3.63) is 0 Å². The van der Waals surface area contributed by atoms with Crippen LogP contribution in [0.1, 0.15) is 46.0 Å². The first kappa shape index (κ1) is 19.0. The summed E-state index contributed by atoms with van der Waals surface area (Å²) < 4.78 is 5.31. The minimum absolute atomic E-state index is 0. The number of hydrogen-bond acceptors (Lipinski definition) is 2. The lowest BCUT2D eigenvalue weighted by Crippen LogP contribution is -2.42. The minimum Gasteiger partial charge on any atom is -0.382 e. The fourth-order valence-electron chi connectivity index (χ4n) is 2.45. The predicted octanol–water partition coefficient (Wildman–Crippen LogP) is 2.78. The first-order valence-electron chi connectivity index (χ1n) is 7.22. The molecule has 0 amide bonds. The van der Waals surface area contributed by atoms with E-state index in [1.54, 1.807) is 0 Å². The second-order valence-electron chi connectivity index (χ2n) is 5.42. The molecule has 0 atom stereocenters. The zero-order valence-corrected chi connectivity index (χ0v) is 15.0. The van der Waals surface area contributed by atoms with Gasteiger partial charge in [0.1, 0.15) is 0 Å². The molecule has 0 aromatic heterocycles. The van der Waals surface area contributed by atoms with Crippen molar-refractivity contribution >= 4 is 29.9 Å². The number of nitrogens with one attached hydrogen (secondary N) is 2. The van der Waals surface area contributed by atoms with Gasteiger partial charge in [-0.05, 0) is 31.6 Å². The van der Waals surface area contributed by atoms with E-state index in [0.29, 0.717) is 5.41 Å². The number of ether oxygens (including phenoxy) is 1. The summed E-state index contributed by atoms with van der Waals surface area (Å²) in [6.07, 6.45) is 6.44. The molecule has 1 fully saturated rings. The molecule has 1 saturated carbocycles. The van der Waals surface area contributed by atoms with Crippen LogP contribution in [0.3, 0.4) is 0 Å². The number of guanidine groups is 1. The molecule has 0 spiro atoms. The molecule has 1 aliphatic rings. The fourth-order valence-corrected chi connectivity index (χ4v) is 2.45. The Morgan fingerprint density at radius 3 is 2.53 bits per heavy atom. The van der Waals surface area contributed by atoms with Crippen LogP contribution in [0, 0.1) is 5.41 Å². The second-order valence-corrected chi connectivity index (χ2v) is 5.42. The van der Waals surface area contributed by atoms with Crippen molar-refractivity contribution in [1.29, 1.82) is 0 Å². The molecule has 0 radical (unpaired) electrons. The summed E-state index contributed by atoms with van der Waals surface area (Å²) in [5.74, 6) is 0.916. The summed E-state index contributed by atoms with van der Waals surface area (Å²) in [7, 11) is 1.83. The maximum atomic E-state index is 5.31. The smallest absolute Gasteiger partial charge is 0.190 e. The summed E-state index contributed by atoms with van der Waals surface area (Å²) in [6.45, 7) is 7.95. The molecule has 0 bridgehead atoms. The van der Waals surface area contributed by atoms with Crippen LogP contribution < -0.4 is 10.6 Å². The number of aliphatic imine (C=N–C) groups is 1. The molecule has 114 valence electrons. The van der Waals surface area contributed by atoms with Crippen LogP contribution in [0.15, 0.2) is 4.99 Å². The van der Waals surface area contributed by atoms with E-state index in [1.165, 1.54) is 25.7 Å². The monoisotopic (exact) mass is 383 g/mol. The molecule has 2 N–H and O–H groups in total. The molecule has 1 rings (SSSR count). The number of rotatable bonds is 7. The molecular weight excluding hydrogens is 353 g/mol. The zero-order valence-electron chi connectivity index (χ0n) is 12.6. The number of nitrogens with zero attached hydrogens (tertiary/aromatic N) is 1. The lowest BCUT2D eigenvalue weighted by molar-refractivity contribution is 0.145. The van der Waals surface area contributed by atoms with E-state index in [-0.39, 0.29) is 24.0 Å². The molecule has 0 aromatic carbocycles. The van der Waals surface area contributed by atoms with Gasteiger partial charge in [0.05, 0.1) is 0 Å². The van der Waals surface area contributed by atoms with Gasteiger partial charge in [0, 0.05) is 33.4 Å². The molecule has 5 heteroatoms. The van der Waals surface area contributed by atoms with Crippen molar-refractivity contribution in [3.63, 3.8) is 0 Å². The quantitative estimate of drug-likeness (QED) is 0.308. The second kappa shape index (κ2) is 10.7. The van der Waals surface area contributed by atoms with Gasteiger partial charge in [0.2, 0.25) is 0 Å². The lowest BCUT2D eigenvalue weighted by atomic mass is 9.89. The first-order valence-corrected chi connectivity index (χ1v) is 7.22. The van der Waals surface area contributed by atoms with Crippen molar-refractivity contribution in [2.45, 2.75) is 46.0 Å². The van der Waals surface area contributed by atoms with E-state index in [9.17, 15) is 0 Å².